The van der Waals surface area contributed by atoms with Crippen molar-refractivity contribution in [2.75, 3.05) is 42.9 Å². The summed E-state index contributed by atoms with van der Waals surface area (Å²) in [6, 6.07) is 10.7. The number of nitro benzene ring substituents is 1. The normalized spacial score (nSPS) is 18.5. The first kappa shape index (κ1) is 21.4. The third-order valence-corrected chi connectivity index (χ3v) is 6.44. The lowest BCUT2D eigenvalue weighted by Crippen LogP contribution is -2.28. The zero-order valence-corrected chi connectivity index (χ0v) is 18.4. The molecular weight excluding hydrogens is 416 g/mol. The van der Waals surface area contributed by atoms with Crippen LogP contribution >= 0.6 is 11.6 Å². The number of rotatable bonds is 6. The summed E-state index contributed by atoms with van der Waals surface area (Å²) in [5, 5.41) is 15.6. The maximum atomic E-state index is 12.8. The molecule has 2 aliphatic heterocycles. The predicted octanol–water partition coefficient (Wildman–Crippen LogP) is 4.73. The molecule has 1 N–H and O–H groups in total. The number of halogens is 1. The third kappa shape index (κ3) is 4.77. The largest absolute Gasteiger partial charge is 0.385 e. The fraction of sp³-hybridized carbons (Fsp3) is 0.435. The molecule has 0 spiro atoms. The molecule has 0 saturated carbocycles. The minimum atomic E-state index is -0.477. The molecular formula is C23H27ClN4O3. The molecule has 2 fully saturated rings. The van der Waals surface area contributed by atoms with Crippen LogP contribution in [0, 0.1) is 23.0 Å². The molecule has 1 atom stereocenters. The molecule has 1 unspecified atom stereocenters. The van der Waals surface area contributed by atoms with Crippen LogP contribution < -0.4 is 10.2 Å². The number of nitrogens with zero attached hydrogens (tertiary/aromatic N) is 3. The van der Waals surface area contributed by atoms with E-state index in [9.17, 15) is 14.9 Å². The first-order valence-electron chi connectivity index (χ1n) is 10.7. The summed E-state index contributed by atoms with van der Waals surface area (Å²) in [6.07, 6.45) is 2.94. The number of likely N-dealkylation sites (tertiary alicyclic amines) is 1. The van der Waals surface area contributed by atoms with Crippen LogP contribution in [-0.4, -0.2) is 48.5 Å². The zero-order valence-electron chi connectivity index (χ0n) is 17.6. The van der Waals surface area contributed by atoms with E-state index in [1.807, 2.05) is 18.2 Å². The van der Waals surface area contributed by atoms with Gasteiger partial charge in [-0.3, -0.25) is 14.9 Å². The van der Waals surface area contributed by atoms with Gasteiger partial charge in [-0.1, -0.05) is 17.7 Å². The van der Waals surface area contributed by atoms with E-state index >= 15 is 0 Å². The zero-order chi connectivity index (χ0) is 22.0. The maximum Gasteiger partial charge on any atom is 0.282 e. The van der Waals surface area contributed by atoms with Gasteiger partial charge in [0.2, 0.25) is 0 Å². The summed E-state index contributed by atoms with van der Waals surface area (Å²) < 4.78 is 0. The van der Waals surface area contributed by atoms with Crippen LogP contribution in [0.25, 0.3) is 0 Å². The number of amides is 1. The Morgan fingerprint density at radius 3 is 2.71 bits per heavy atom. The Balaban J connectivity index is 1.43. The molecule has 1 amide bonds. The summed E-state index contributed by atoms with van der Waals surface area (Å²) in [7, 11) is 0. The van der Waals surface area contributed by atoms with E-state index in [1.165, 1.54) is 17.3 Å². The Bertz CT molecular complexity index is 991. The van der Waals surface area contributed by atoms with Crippen LogP contribution in [0.5, 0.6) is 0 Å². The predicted molar refractivity (Wildman–Crippen MR) is 123 cm³/mol. The lowest BCUT2D eigenvalue weighted by molar-refractivity contribution is -0.385. The van der Waals surface area contributed by atoms with E-state index in [0.717, 1.165) is 49.6 Å². The number of carbonyl (C=O) groups excluding carboxylic acids is 1. The van der Waals surface area contributed by atoms with Crippen molar-refractivity contribution in [1.82, 2.24) is 4.90 Å². The molecule has 2 aromatic carbocycles. The Kier molecular flexibility index (Phi) is 6.32. The van der Waals surface area contributed by atoms with Gasteiger partial charge in [-0.05, 0) is 61.9 Å². The number of carbonyl (C=O) groups is 1. The van der Waals surface area contributed by atoms with Gasteiger partial charge in [0.15, 0.2) is 0 Å². The molecule has 7 nitrogen and oxygen atoms in total. The summed E-state index contributed by atoms with van der Waals surface area (Å²) >= 11 is 6.18. The second-order valence-electron chi connectivity index (χ2n) is 8.40. The molecule has 31 heavy (non-hydrogen) atoms. The Labute approximate surface area is 187 Å². The average molecular weight is 443 g/mol. The summed E-state index contributed by atoms with van der Waals surface area (Å²) in [5.41, 5.74) is 3.15. The van der Waals surface area contributed by atoms with Gasteiger partial charge in [0.1, 0.15) is 5.56 Å². The smallest absolute Gasteiger partial charge is 0.282 e. The van der Waals surface area contributed by atoms with Crippen molar-refractivity contribution in [3.63, 3.8) is 0 Å². The maximum absolute atomic E-state index is 12.8. The highest BCUT2D eigenvalue weighted by atomic mass is 35.5. The highest BCUT2D eigenvalue weighted by Gasteiger charge is 2.28. The van der Waals surface area contributed by atoms with Gasteiger partial charge in [0.05, 0.1) is 4.92 Å². The fourth-order valence-electron chi connectivity index (χ4n) is 4.47. The number of nitrogens with one attached hydrogen (secondary N) is 1. The molecule has 2 heterocycles. The number of anilines is 2. The topological polar surface area (TPSA) is 78.7 Å². The average Bonchev–Trinajstić information content (AvgIpc) is 3.45. The van der Waals surface area contributed by atoms with Gasteiger partial charge in [0.25, 0.3) is 11.6 Å². The molecule has 4 rings (SSSR count). The van der Waals surface area contributed by atoms with Gasteiger partial charge in [-0.2, -0.15) is 0 Å². The quantitative estimate of drug-likeness (QED) is 0.516. The van der Waals surface area contributed by atoms with Crippen LogP contribution in [0.1, 0.15) is 35.2 Å². The van der Waals surface area contributed by atoms with Gasteiger partial charge in [-0.25, -0.2) is 0 Å². The lowest BCUT2D eigenvalue weighted by Gasteiger charge is -2.21. The van der Waals surface area contributed by atoms with Crippen LogP contribution in [-0.2, 0) is 0 Å². The fourth-order valence-corrected chi connectivity index (χ4v) is 4.64. The minimum absolute atomic E-state index is 0.133. The highest BCUT2D eigenvalue weighted by Crippen LogP contribution is 2.30. The van der Waals surface area contributed by atoms with Gasteiger partial charge < -0.3 is 15.1 Å². The molecule has 2 saturated heterocycles. The Hall–Kier alpha value is -2.80. The van der Waals surface area contributed by atoms with Gasteiger partial charge >= 0.3 is 0 Å². The van der Waals surface area contributed by atoms with Crippen molar-refractivity contribution >= 4 is 34.6 Å². The molecule has 2 aliphatic rings. The van der Waals surface area contributed by atoms with Gasteiger partial charge in [-0.15, -0.1) is 0 Å². The number of hydrogen-bond acceptors (Lipinski definition) is 5. The summed E-state index contributed by atoms with van der Waals surface area (Å²) in [5.74, 6) is 0.183. The third-order valence-electron chi connectivity index (χ3n) is 6.21. The standard InChI is InChI=1S/C23H27ClN4O3/c1-16-4-5-18(24)12-22(16)27-11-8-17(15-27)14-25-19-6-7-21(28(30)31)20(13-19)23(29)26-9-2-3-10-26/h4-7,12-13,17,25H,2-3,8-11,14-15H2,1H3. The molecule has 8 heteroatoms. The Morgan fingerprint density at radius 1 is 1.19 bits per heavy atom. The van der Waals surface area contributed by atoms with E-state index in [0.29, 0.717) is 19.0 Å². The van der Waals surface area contributed by atoms with E-state index < -0.39 is 4.92 Å². The monoisotopic (exact) mass is 442 g/mol. The molecule has 0 aliphatic carbocycles. The number of hydrogen-bond donors (Lipinski definition) is 1. The van der Waals surface area contributed by atoms with Crippen molar-refractivity contribution in [3.8, 4) is 0 Å². The SMILES string of the molecule is Cc1ccc(Cl)cc1N1CCC(CNc2ccc([N+](=O)[O-])c(C(=O)N3CCCC3)c2)C1. The summed E-state index contributed by atoms with van der Waals surface area (Å²) in [4.78, 5) is 27.8. The van der Waals surface area contributed by atoms with Crippen molar-refractivity contribution in [2.24, 2.45) is 5.92 Å². The minimum Gasteiger partial charge on any atom is -0.385 e. The first-order valence-corrected chi connectivity index (χ1v) is 11.1. The molecule has 2 aromatic rings. The molecule has 0 aromatic heterocycles. The number of benzene rings is 2. The summed E-state index contributed by atoms with van der Waals surface area (Å²) in [6.45, 7) is 6.04. The van der Waals surface area contributed by atoms with Crippen molar-refractivity contribution in [3.05, 3.63) is 62.7 Å². The number of aryl methyl sites for hydroxylation is 1. The number of nitro groups is 1. The molecule has 164 valence electrons. The second-order valence-corrected chi connectivity index (χ2v) is 8.84. The van der Waals surface area contributed by atoms with E-state index in [1.54, 1.807) is 17.0 Å². The van der Waals surface area contributed by atoms with Crippen LogP contribution in [0.3, 0.4) is 0 Å². The van der Waals surface area contributed by atoms with E-state index in [4.69, 9.17) is 11.6 Å². The van der Waals surface area contributed by atoms with Crippen molar-refractivity contribution < 1.29 is 9.72 Å². The van der Waals surface area contributed by atoms with Crippen molar-refractivity contribution in [1.29, 1.82) is 0 Å². The van der Waals surface area contributed by atoms with Crippen LogP contribution in [0.2, 0.25) is 5.02 Å². The van der Waals surface area contributed by atoms with E-state index in [2.05, 4.69) is 17.1 Å². The lowest BCUT2D eigenvalue weighted by atomic mass is 10.1. The second kappa shape index (κ2) is 9.14. The van der Waals surface area contributed by atoms with E-state index in [-0.39, 0.29) is 17.2 Å². The molecule has 0 radical (unpaired) electrons. The Morgan fingerprint density at radius 2 is 1.97 bits per heavy atom. The highest BCUT2D eigenvalue weighted by molar-refractivity contribution is 6.30. The van der Waals surface area contributed by atoms with Gasteiger partial charge in [0, 0.05) is 55.2 Å². The van der Waals surface area contributed by atoms with Crippen LogP contribution in [0.4, 0.5) is 17.1 Å². The van der Waals surface area contributed by atoms with Crippen LogP contribution in [0.15, 0.2) is 36.4 Å². The first-order chi connectivity index (χ1) is 14.9. The molecule has 0 bridgehead atoms. The van der Waals surface area contributed by atoms with Crippen molar-refractivity contribution in [2.45, 2.75) is 26.2 Å².